The van der Waals surface area contributed by atoms with Crippen LogP contribution in [0, 0.1) is 5.92 Å². The van der Waals surface area contributed by atoms with Gasteiger partial charge in [0.2, 0.25) is 0 Å². The zero-order valence-corrected chi connectivity index (χ0v) is 18.8. The van der Waals surface area contributed by atoms with E-state index >= 15 is 0 Å². The number of aromatic hydroxyl groups is 1. The number of rotatable bonds is 3. The van der Waals surface area contributed by atoms with Crippen molar-refractivity contribution in [3.63, 3.8) is 0 Å². The van der Waals surface area contributed by atoms with Gasteiger partial charge in [0.25, 0.3) is 0 Å². The van der Waals surface area contributed by atoms with E-state index in [9.17, 15) is 5.11 Å². The fraction of sp³-hybridized carbons (Fsp3) is 0.750. The Balaban J connectivity index is 2.12. The van der Waals surface area contributed by atoms with Gasteiger partial charge in [-0.3, -0.25) is 4.90 Å². The number of hydrogen-bond donors (Lipinski definition) is 2. The van der Waals surface area contributed by atoms with Gasteiger partial charge in [-0.25, -0.2) is 0 Å². The lowest BCUT2D eigenvalue weighted by molar-refractivity contribution is 0.0212. The number of benzene rings is 1. The van der Waals surface area contributed by atoms with Gasteiger partial charge in [-0.2, -0.15) is 0 Å². The molecule has 0 aliphatic carbocycles. The highest BCUT2D eigenvalue weighted by Crippen LogP contribution is 2.44. The van der Waals surface area contributed by atoms with Crippen LogP contribution in [-0.2, 0) is 15.6 Å². The quantitative estimate of drug-likeness (QED) is 0.807. The maximum atomic E-state index is 11.1. The lowest BCUT2D eigenvalue weighted by atomic mass is 9.75. The molecule has 4 heteroatoms. The van der Waals surface area contributed by atoms with E-state index in [0.717, 1.165) is 63.4 Å². The van der Waals surface area contributed by atoms with Gasteiger partial charge in [0.05, 0.1) is 0 Å². The summed E-state index contributed by atoms with van der Waals surface area (Å²) >= 11 is 0. The normalized spacial score (nSPS) is 21.6. The van der Waals surface area contributed by atoms with Crippen LogP contribution in [0.4, 0.5) is 0 Å². The summed E-state index contributed by atoms with van der Waals surface area (Å²) in [5, 5.41) is 14.6. The predicted molar refractivity (Wildman–Crippen MR) is 116 cm³/mol. The number of phenolic OH excluding ortho intramolecular Hbond substituents is 1. The molecular formula is C24H40N2O2. The number of nitrogens with zero attached hydrogens (tertiary/aromatic N) is 1. The summed E-state index contributed by atoms with van der Waals surface area (Å²) in [5.41, 5.74) is 3.33. The van der Waals surface area contributed by atoms with Crippen molar-refractivity contribution in [3.8, 4) is 5.75 Å². The number of hydrogen-bond acceptors (Lipinski definition) is 4. The zero-order chi connectivity index (χ0) is 20.5. The Hall–Kier alpha value is -1.10. The highest BCUT2D eigenvalue weighted by atomic mass is 16.5. The molecule has 158 valence electrons. The highest BCUT2D eigenvalue weighted by Gasteiger charge is 2.34. The first-order valence-corrected chi connectivity index (χ1v) is 11.0. The van der Waals surface area contributed by atoms with Gasteiger partial charge in [-0.1, -0.05) is 41.5 Å². The molecule has 0 unspecified atom stereocenters. The monoisotopic (exact) mass is 388 g/mol. The van der Waals surface area contributed by atoms with E-state index in [-0.39, 0.29) is 10.8 Å². The van der Waals surface area contributed by atoms with Crippen LogP contribution in [0.3, 0.4) is 0 Å². The van der Waals surface area contributed by atoms with E-state index in [1.165, 1.54) is 5.56 Å². The standard InChI is InChI=1S/C24H40N2O2/c1-23(2,3)19-15-18(16-20(22(19)27)24(4,5)6)21(17-7-13-28-14-8-17)26-11-9-25-10-12-26/h15-17,21,25,27H,7-14H2,1-6H3/t21-/m1/s1. The molecule has 4 nitrogen and oxygen atoms in total. The van der Waals surface area contributed by atoms with E-state index in [1.807, 2.05) is 0 Å². The van der Waals surface area contributed by atoms with Crippen LogP contribution in [0.1, 0.15) is 77.1 Å². The third-order valence-electron chi connectivity index (χ3n) is 6.35. The second kappa shape index (κ2) is 8.33. The van der Waals surface area contributed by atoms with Crippen LogP contribution in [-0.4, -0.2) is 49.4 Å². The van der Waals surface area contributed by atoms with Crippen LogP contribution in [0.15, 0.2) is 12.1 Å². The average molecular weight is 389 g/mol. The summed E-state index contributed by atoms with van der Waals surface area (Å²) in [6.45, 7) is 19.2. The molecule has 0 amide bonds. The van der Waals surface area contributed by atoms with E-state index < -0.39 is 0 Å². The first-order chi connectivity index (χ1) is 13.1. The Morgan fingerprint density at radius 3 is 1.93 bits per heavy atom. The fourth-order valence-electron chi connectivity index (χ4n) is 4.74. The Bertz CT molecular complexity index is 607. The predicted octanol–water partition coefficient (Wildman–Crippen LogP) is 4.36. The number of ether oxygens (including phenoxy) is 1. The topological polar surface area (TPSA) is 44.7 Å². The molecule has 28 heavy (non-hydrogen) atoms. The van der Waals surface area contributed by atoms with Crippen molar-refractivity contribution in [2.75, 3.05) is 39.4 Å². The molecule has 3 rings (SSSR count). The van der Waals surface area contributed by atoms with Gasteiger partial charge in [-0.05, 0) is 58.4 Å². The summed E-state index contributed by atoms with van der Waals surface area (Å²) < 4.78 is 5.68. The maximum Gasteiger partial charge on any atom is 0.123 e. The Kier molecular flexibility index (Phi) is 6.43. The summed E-state index contributed by atoms with van der Waals surface area (Å²) in [5.74, 6) is 1.09. The SMILES string of the molecule is CC(C)(C)c1cc([C@@H](C2CCOCC2)N2CCNCC2)cc(C(C)(C)C)c1O. The smallest absolute Gasteiger partial charge is 0.123 e. The Labute approximate surface area is 171 Å². The third kappa shape index (κ3) is 4.72. The fourth-order valence-corrected chi connectivity index (χ4v) is 4.74. The molecule has 2 saturated heterocycles. The molecular weight excluding hydrogens is 348 g/mol. The minimum Gasteiger partial charge on any atom is -0.507 e. The number of phenols is 1. The second-order valence-electron chi connectivity index (χ2n) is 10.6. The van der Waals surface area contributed by atoms with Crippen molar-refractivity contribution >= 4 is 0 Å². The summed E-state index contributed by atoms with van der Waals surface area (Å²) in [6, 6.07) is 4.99. The molecule has 2 N–H and O–H groups in total. The first kappa shape index (κ1) is 21.6. The summed E-state index contributed by atoms with van der Waals surface area (Å²) in [4.78, 5) is 2.66. The zero-order valence-electron chi connectivity index (χ0n) is 18.8. The van der Waals surface area contributed by atoms with Crippen molar-refractivity contribution in [3.05, 3.63) is 28.8 Å². The molecule has 2 fully saturated rings. The molecule has 0 radical (unpaired) electrons. The van der Waals surface area contributed by atoms with Gasteiger partial charge in [0.15, 0.2) is 0 Å². The van der Waals surface area contributed by atoms with Crippen LogP contribution in [0.2, 0.25) is 0 Å². The molecule has 0 bridgehead atoms. The van der Waals surface area contributed by atoms with Crippen LogP contribution in [0.25, 0.3) is 0 Å². The lowest BCUT2D eigenvalue weighted by Crippen LogP contribution is -2.47. The van der Waals surface area contributed by atoms with Gasteiger partial charge >= 0.3 is 0 Å². The Morgan fingerprint density at radius 2 is 1.46 bits per heavy atom. The van der Waals surface area contributed by atoms with Gasteiger partial charge in [0.1, 0.15) is 5.75 Å². The first-order valence-electron chi connectivity index (χ1n) is 11.0. The molecule has 1 aromatic rings. The van der Waals surface area contributed by atoms with Crippen molar-refractivity contribution < 1.29 is 9.84 Å². The maximum absolute atomic E-state index is 11.1. The van der Waals surface area contributed by atoms with E-state index in [2.05, 4.69) is 63.9 Å². The summed E-state index contributed by atoms with van der Waals surface area (Å²) in [6.07, 6.45) is 2.23. The minimum atomic E-state index is -0.0935. The van der Waals surface area contributed by atoms with Crippen LogP contribution >= 0.6 is 0 Å². The number of piperazine rings is 1. The van der Waals surface area contributed by atoms with E-state index in [0.29, 0.717) is 17.7 Å². The molecule has 1 aromatic carbocycles. The summed E-state index contributed by atoms with van der Waals surface area (Å²) in [7, 11) is 0. The lowest BCUT2D eigenvalue weighted by Gasteiger charge is -2.42. The largest absolute Gasteiger partial charge is 0.507 e. The van der Waals surface area contributed by atoms with Gasteiger partial charge in [-0.15, -0.1) is 0 Å². The third-order valence-corrected chi connectivity index (χ3v) is 6.35. The molecule has 0 spiro atoms. The van der Waals surface area contributed by atoms with Crippen molar-refractivity contribution in [1.82, 2.24) is 10.2 Å². The Morgan fingerprint density at radius 1 is 0.964 bits per heavy atom. The minimum absolute atomic E-state index is 0.0935. The van der Waals surface area contributed by atoms with E-state index in [4.69, 9.17) is 4.74 Å². The molecule has 2 aliphatic rings. The van der Waals surface area contributed by atoms with E-state index in [1.54, 1.807) is 0 Å². The molecule has 1 atom stereocenters. The van der Waals surface area contributed by atoms with Crippen LogP contribution in [0.5, 0.6) is 5.75 Å². The molecule has 0 saturated carbocycles. The number of nitrogens with one attached hydrogen (secondary N) is 1. The van der Waals surface area contributed by atoms with Crippen molar-refractivity contribution in [2.24, 2.45) is 5.92 Å². The molecule has 2 aliphatic heterocycles. The van der Waals surface area contributed by atoms with Crippen molar-refractivity contribution in [1.29, 1.82) is 0 Å². The second-order valence-corrected chi connectivity index (χ2v) is 10.6. The van der Waals surface area contributed by atoms with Gasteiger partial charge < -0.3 is 15.2 Å². The average Bonchev–Trinajstić information content (AvgIpc) is 2.63. The highest BCUT2D eigenvalue weighted by molar-refractivity contribution is 5.50. The van der Waals surface area contributed by atoms with Crippen molar-refractivity contribution in [2.45, 2.75) is 71.3 Å². The van der Waals surface area contributed by atoms with Gasteiger partial charge in [0, 0.05) is 45.4 Å². The molecule has 0 aromatic heterocycles. The van der Waals surface area contributed by atoms with Crippen LogP contribution < -0.4 is 5.32 Å². The molecule has 2 heterocycles.